The first-order valence-electron chi connectivity index (χ1n) is 4.48. The summed E-state index contributed by atoms with van der Waals surface area (Å²) in [6, 6.07) is 0.0926. The van der Waals surface area contributed by atoms with Gasteiger partial charge in [0.2, 0.25) is 0 Å². The van der Waals surface area contributed by atoms with Crippen molar-refractivity contribution in [3.05, 3.63) is 10.4 Å². The number of rotatable bonds is 3. The normalized spacial score (nSPS) is 27.7. The van der Waals surface area contributed by atoms with E-state index in [1.807, 2.05) is 0 Å². The van der Waals surface area contributed by atoms with Gasteiger partial charge < -0.3 is 5.11 Å². The van der Waals surface area contributed by atoms with Crippen LogP contribution in [-0.2, 0) is 4.79 Å². The van der Waals surface area contributed by atoms with Crippen molar-refractivity contribution in [1.29, 1.82) is 0 Å². The summed E-state index contributed by atoms with van der Waals surface area (Å²) in [6.07, 6.45) is 3.67. The summed E-state index contributed by atoms with van der Waals surface area (Å²) >= 11 is 0. The Balaban J connectivity index is 2.30. The molecule has 72 valence electrons. The van der Waals surface area contributed by atoms with Crippen LogP contribution in [0, 0.1) is 5.92 Å². The Bertz CT molecular complexity index is 228. The number of azide groups is 1. The Labute approximate surface area is 76.4 Å². The lowest BCUT2D eigenvalue weighted by Crippen LogP contribution is -2.18. The standard InChI is InChI=1S/C8H13N3O2/c9-11-10-7-3-1-6(2-4-7)5-8(12)13/h6-7H,1-5H2,(H,12,13). The van der Waals surface area contributed by atoms with Gasteiger partial charge in [0.15, 0.2) is 0 Å². The summed E-state index contributed by atoms with van der Waals surface area (Å²) in [5.41, 5.74) is 8.19. The van der Waals surface area contributed by atoms with Crippen molar-refractivity contribution in [2.24, 2.45) is 11.0 Å². The number of hydrogen-bond acceptors (Lipinski definition) is 2. The topological polar surface area (TPSA) is 86.1 Å². The van der Waals surface area contributed by atoms with Crippen molar-refractivity contribution >= 4 is 5.97 Å². The molecule has 0 bridgehead atoms. The SMILES string of the molecule is [N-]=[N+]=NC1CCC(CC(=O)O)CC1. The minimum Gasteiger partial charge on any atom is -0.481 e. The molecular weight excluding hydrogens is 170 g/mol. The number of aliphatic carboxylic acids is 1. The molecule has 0 aromatic carbocycles. The molecule has 1 saturated carbocycles. The van der Waals surface area contributed by atoms with Gasteiger partial charge in [-0.3, -0.25) is 4.79 Å². The summed E-state index contributed by atoms with van der Waals surface area (Å²) in [5, 5.41) is 12.2. The van der Waals surface area contributed by atoms with Crippen LogP contribution >= 0.6 is 0 Å². The van der Waals surface area contributed by atoms with Crippen LogP contribution in [0.2, 0.25) is 0 Å². The predicted octanol–water partition coefficient (Wildman–Crippen LogP) is 2.33. The maximum absolute atomic E-state index is 10.4. The molecule has 1 rings (SSSR count). The summed E-state index contributed by atoms with van der Waals surface area (Å²) in [4.78, 5) is 13.1. The highest BCUT2D eigenvalue weighted by Gasteiger charge is 2.21. The fourth-order valence-corrected chi connectivity index (χ4v) is 1.78. The van der Waals surface area contributed by atoms with E-state index in [9.17, 15) is 4.79 Å². The molecule has 13 heavy (non-hydrogen) atoms. The molecule has 1 N–H and O–H groups in total. The van der Waals surface area contributed by atoms with Crippen LogP contribution in [0.25, 0.3) is 10.4 Å². The highest BCUT2D eigenvalue weighted by Crippen LogP contribution is 2.28. The molecule has 0 aromatic rings. The quantitative estimate of drug-likeness (QED) is 0.413. The Kier molecular flexibility index (Phi) is 3.58. The molecule has 0 spiro atoms. The van der Waals surface area contributed by atoms with Crippen LogP contribution in [0.4, 0.5) is 0 Å². The first-order valence-corrected chi connectivity index (χ1v) is 4.48. The third kappa shape index (κ3) is 3.34. The van der Waals surface area contributed by atoms with E-state index in [-0.39, 0.29) is 18.4 Å². The van der Waals surface area contributed by atoms with Crippen LogP contribution in [-0.4, -0.2) is 17.1 Å². The van der Waals surface area contributed by atoms with Crippen molar-refractivity contribution in [3.63, 3.8) is 0 Å². The van der Waals surface area contributed by atoms with E-state index in [1.165, 1.54) is 0 Å². The molecular formula is C8H13N3O2. The molecule has 1 aliphatic rings. The molecule has 0 heterocycles. The lowest BCUT2D eigenvalue weighted by Gasteiger charge is -2.24. The lowest BCUT2D eigenvalue weighted by molar-refractivity contribution is -0.138. The maximum Gasteiger partial charge on any atom is 0.303 e. The molecule has 0 atom stereocenters. The van der Waals surface area contributed by atoms with E-state index >= 15 is 0 Å². The Morgan fingerprint density at radius 1 is 1.46 bits per heavy atom. The number of carboxylic acid groups (broad SMARTS) is 1. The van der Waals surface area contributed by atoms with Gasteiger partial charge in [0, 0.05) is 17.4 Å². The van der Waals surface area contributed by atoms with Gasteiger partial charge in [0.05, 0.1) is 0 Å². The first-order chi connectivity index (χ1) is 6.22. The van der Waals surface area contributed by atoms with Crippen molar-refractivity contribution < 1.29 is 9.90 Å². The highest BCUT2D eigenvalue weighted by atomic mass is 16.4. The number of hydrogen-bond donors (Lipinski definition) is 1. The van der Waals surface area contributed by atoms with Gasteiger partial charge >= 0.3 is 5.97 Å². The molecule has 1 fully saturated rings. The van der Waals surface area contributed by atoms with Crippen LogP contribution in [0.15, 0.2) is 5.11 Å². The summed E-state index contributed by atoms with van der Waals surface area (Å²) in [6.45, 7) is 0. The zero-order valence-electron chi connectivity index (χ0n) is 7.39. The molecule has 5 nitrogen and oxygen atoms in total. The van der Waals surface area contributed by atoms with E-state index in [1.54, 1.807) is 0 Å². The lowest BCUT2D eigenvalue weighted by atomic mass is 9.84. The van der Waals surface area contributed by atoms with Gasteiger partial charge in [-0.05, 0) is 37.1 Å². The second-order valence-corrected chi connectivity index (χ2v) is 3.48. The second-order valence-electron chi connectivity index (χ2n) is 3.48. The van der Waals surface area contributed by atoms with E-state index in [4.69, 9.17) is 10.6 Å². The minimum absolute atomic E-state index is 0.0926. The largest absolute Gasteiger partial charge is 0.481 e. The molecule has 0 radical (unpaired) electrons. The van der Waals surface area contributed by atoms with Crippen LogP contribution < -0.4 is 0 Å². The van der Waals surface area contributed by atoms with Crippen molar-refractivity contribution in [2.75, 3.05) is 0 Å². The third-order valence-electron chi connectivity index (χ3n) is 2.49. The molecule has 0 saturated heterocycles. The van der Waals surface area contributed by atoms with Crippen LogP contribution in [0.5, 0.6) is 0 Å². The molecule has 1 aliphatic carbocycles. The maximum atomic E-state index is 10.4. The highest BCUT2D eigenvalue weighted by molar-refractivity contribution is 5.67. The van der Waals surface area contributed by atoms with Gasteiger partial charge in [0.1, 0.15) is 0 Å². The van der Waals surface area contributed by atoms with Gasteiger partial charge in [-0.2, -0.15) is 0 Å². The first kappa shape index (κ1) is 9.86. The monoisotopic (exact) mass is 183 g/mol. The number of nitrogens with zero attached hydrogens (tertiary/aromatic N) is 3. The zero-order chi connectivity index (χ0) is 9.68. The third-order valence-corrected chi connectivity index (χ3v) is 2.49. The average molecular weight is 183 g/mol. The summed E-state index contributed by atoms with van der Waals surface area (Å²) in [5.74, 6) is -0.449. The fourth-order valence-electron chi connectivity index (χ4n) is 1.78. The van der Waals surface area contributed by atoms with Crippen molar-refractivity contribution in [3.8, 4) is 0 Å². The van der Waals surface area contributed by atoms with Gasteiger partial charge in [-0.25, -0.2) is 0 Å². The van der Waals surface area contributed by atoms with Crippen molar-refractivity contribution in [2.45, 2.75) is 38.1 Å². The molecule has 0 aliphatic heterocycles. The average Bonchev–Trinajstić information content (AvgIpc) is 2.08. The van der Waals surface area contributed by atoms with E-state index in [2.05, 4.69) is 10.0 Å². The smallest absolute Gasteiger partial charge is 0.303 e. The summed E-state index contributed by atoms with van der Waals surface area (Å²) in [7, 11) is 0. The minimum atomic E-state index is -0.729. The number of carboxylic acids is 1. The molecule has 5 heteroatoms. The van der Waals surface area contributed by atoms with Crippen molar-refractivity contribution in [1.82, 2.24) is 0 Å². The van der Waals surface area contributed by atoms with E-state index < -0.39 is 5.97 Å². The number of carbonyl (C=O) groups is 1. The van der Waals surface area contributed by atoms with E-state index in [0.717, 1.165) is 25.7 Å². The fraction of sp³-hybridized carbons (Fsp3) is 0.875. The van der Waals surface area contributed by atoms with Crippen LogP contribution in [0.3, 0.4) is 0 Å². The Morgan fingerprint density at radius 2 is 2.08 bits per heavy atom. The van der Waals surface area contributed by atoms with Crippen LogP contribution in [0.1, 0.15) is 32.1 Å². The van der Waals surface area contributed by atoms with Gasteiger partial charge in [-0.1, -0.05) is 5.11 Å². The summed E-state index contributed by atoms with van der Waals surface area (Å²) < 4.78 is 0. The molecule has 0 aromatic heterocycles. The zero-order valence-corrected chi connectivity index (χ0v) is 7.39. The van der Waals surface area contributed by atoms with Gasteiger partial charge in [-0.15, -0.1) is 0 Å². The predicted molar refractivity (Wildman–Crippen MR) is 47.1 cm³/mol. The second kappa shape index (κ2) is 4.72. The Hall–Kier alpha value is -1.22. The molecule has 0 unspecified atom stereocenters. The van der Waals surface area contributed by atoms with Gasteiger partial charge in [0.25, 0.3) is 0 Å². The van der Waals surface area contributed by atoms with E-state index in [0.29, 0.717) is 0 Å². The molecule has 0 amide bonds. The Morgan fingerprint density at radius 3 is 2.54 bits per heavy atom.